The number of carbonyl (C=O) groups is 3. The summed E-state index contributed by atoms with van der Waals surface area (Å²) < 4.78 is 0. The third kappa shape index (κ3) is 3.72. The van der Waals surface area contributed by atoms with Crippen LogP contribution in [0, 0.1) is 12.8 Å². The van der Waals surface area contributed by atoms with Crippen LogP contribution in [0.4, 0.5) is 0 Å². The highest BCUT2D eigenvalue weighted by Gasteiger charge is 2.27. The largest absolute Gasteiger partial charge is 0.481 e. The van der Waals surface area contributed by atoms with Gasteiger partial charge in [-0.15, -0.1) is 0 Å². The van der Waals surface area contributed by atoms with Crippen LogP contribution in [0.1, 0.15) is 58.9 Å². The molecule has 2 rings (SSSR count). The quantitative estimate of drug-likeness (QED) is 0.837. The molecule has 1 aliphatic carbocycles. The van der Waals surface area contributed by atoms with E-state index in [1.54, 1.807) is 18.2 Å². The summed E-state index contributed by atoms with van der Waals surface area (Å²) >= 11 is 0. The van der Waals surface area contributed by atoms with Crippen molar-refractivity contribution < 1.29 is 19.5 Å². The van der Waals surface area contributed by atoms with Crippen LogP contribution in [0.5, 0.6) is 0 Å². The van der Waals surface area contributed by atoms with E-state index in [-0.39, 0.29) is 23.7 Å². The number of carbonyl (C=O) groups excluding carboxylic acids is 2. The third-order valence-electron chi connectivity index (χ3n) is 4.29. The number of aliphatic carboxylic acids is 1. The van der Waals surface area contributed by atoms with Crippen LogP contribution >= 0.6 is 0 Å². The van der Waals surface area contributed by atoms with E-state index in [1.165, 1.54) is 6.92 Å². The fourth-order valence-corrected chi connectivity index (χ4v) is 2.90. The minimum atomic E-state index is -0.755. The molecule has 0 saturated heterocycles. The molecule has 0 aliphatic heterocycles. The maximum atomic E-state index is 12.3. The number of carboxylic acid groups (broad SMARTS) is 1. The highest BCUT2D eigenvalue weighted by molar-refractivity contribution is 6.00. The van der Waals surface area contributed by atoms with E-state index in [1.807, 2.05) is 6.92 Å². The summed E-state index contributed by atoms with van der Waals surface area (Å²) in [7, 11) is 0. The molecule has 0 bridgehead atoms. The van der Waals surface area contributed by atoms with Crippen molar-refractivity contribution in [2.24, 2.45) is 5.92 Å². The summed E-state index contributed by atoms with van der Waals surface area (Å²) in [5.41, 5.74) is 1.88. The lowest BCUT2D eigenvalue weighted by Gasteiger charge is -2.26. The molecule has 0 unspecified atom stereocenters. The topological polar surface area (TPSA) is 83.5 Å². The molecule has 0 atom stereocenters. The SMILES string of the molecule is CC(=O)c1cc(C(=O)NC2CCC(C(=O)O)CC2)ccc1C. The van der Waals surface area contributed by atoms with Gasteiger partial charge < -0.3 is 10.4 Å². The summed E-state index contributed by atoms with van der Waals surface area (Å²) in [6, 6.07) is 5.10. The van der Waals surface area contributed by atoms with Crippen LogP contribution in [0.15, 0.2) is 18.2 Å². The van der Waals surface area contributed by atoms with Crippen molar-refractivity contribution in [3.63, 3.8) is 0 Å². The van der Waals surface area contributed by atoms with Gasteiger partial charge in [0.05, 0.1) is 5.92 Å². The standard InChI is InChI=1S/C17H21NO4/c1-10-3-4-13(9-15(10)11(2)19)16(20)18-14-7-5-12(6-8-14)17(21)22/h3-4,9,12,14H,5-8H2,1-2H3,(H,18,20)(H,21,22). The number of nitrogens with one attached hydrogen (secondary N) is 1. The molecule has 2 N–H and O–H groups in total. The van der Waals surface area contributed by atoms with Crippen molar-refractivity contribution in [2.45, 2.75) is 45.6 Å². The fraction of sp³-hybridized carbons (Fsp3) is 0.471. The number of ketones is 1. The zero-order valence-corrected chi connectivity index (χ0v) is 12.9. The van der Waals surface area contributed by atoms with Gasteiger partial charge in [-0.05, 0) is 57.2 Å². The van der Waals surface area contributed by atoms with Gasteiger partial charge in [0.1, 0.15) is 0 Å². The van der Waals surface area contributed by atoms with E-state index in [0.29, 0.717) is 36.8 Å². The summed E-state index contributed by atoms with van der Waals surface area (Å²) in [6.45, 7) is 3.32. The second-order valence-corrected chi connectivity index (χ2v) is 5.95. The number of aryl methyl sites for hydroxylation is 1. The molecule has 0 aromatic heterocycles. The van der Waals surface area contributed by atoms with Gasteiger partial charge in [-0.25, -0.2) is 0 Å². The number of hydrogen-bond acceptors (Lipinski definition) is 3. The van der Waals surface area contributed by atoms with Crippen molar-refractivity contribution in [1.82, 2.24) is 5.32 Å². The van der Waals surface area contributed by atoms with Crippen LogP contribution in [-0.4, -0.2) is 28.8 Å². The van der Waals surface area contributed by atoms with E-state index in [2.05, 4.69) is 5.32 Å². The Labute approximate surface area is 129 Å². The molecule has 0 heterocycles. The van der Waals surface area contributed by atoms with Gasteiger partial charge in [0.15, 0.2) is 5.78 Å². The molecule has 1 aromatic rings. The first-order valence-corrected chi connectivity index (χ1v) is 7.53. The second-order valence-electron chi connectivity index (χ2n) is 5.95. The molecule has 1 fully saturated rings. The van der Waals surface area contributed by atoms with Gasteiger partial charge in [0, 0.05) is 17.2 Å². The lowest BCUT2D eigenvalue weighted by Crippen LogP contribution is -2.38. The van der Waals surface area contributed by atoms with E-state index >= 15 is 0 Å². The highest BCUT2D eigenvalue weighted by Crippen LogP contribution is 2.24. The maximum Gasteiger partial charge on any atom is 0.306 e. The zero-order chi connectivity index (χ0) is 16.3. The van der Waals surface area contributed by atoms with Gasteiger partial charge in [0.2, 0.25) is 0 Å². The smallest absolute Gasteiger partial charge is 0.306 e. The van der Waals surface area contributed by atoms with Crippen LogP contribution in [0.2, 0.25) is 0 Å². The fourth-order valence-electron chi connectivity index (χ4n) is 2.90. The average molecular weight is 303 g/mol. The van der Waals surface area contributed by atoms with Crippen LogP contribution < -0.4 is 5.32 Å². The maximum absolute atomic E-state index is 12.3. The molecular formula is C17H21NO4. The Morgan fingerprint density at radius 2 is 1.77 bits per heavy atom. The average Bonchev–Trinajstić information content (AvgIpc) is 2.47. The Hall–Kier alpha value is -2.17. The number of carboxylic acids is 1. The van der Waals surface area contributed by atoms with Crippen molar-refractivity contribution in [1.29, 1.82) is 0 Å². The Morgan fingerprint density at radius 1 is 1.14 bits per heavy atom. The first kappa shape index (κ1) is 16.2. The van der Waals surface area contributed by atoms with Gasteiger partial charge in [-0.2, -0.15) is 0 Å². The Balaban J connectivity index is 2.00. The van der Waals surface area contributed by atoms with E-state index in [9.17, 15) is 14.4 Å². The van der Waals surface area contributed by atoms with Crippen LogP contribution in [-0.2, 0) is 4.79 Å². The Bertz CT molecular complexity index is 601. The monoisotopic (exact) mass is 303 g/mol. The summed E-state index contributed by atoms with van der Waals surface area (Å²) in [5.74, 6) is -1.32. The van der Waals surface area contributed by atoms with E-state index in [4.69, 9.17) is 5.11 Å². The number of amides is 1. The molecule has 22 heavy (non-hydrogen) atoms. The first-order valence-electron chi connectivity index (χ1n) is 7.53. The lowest BCUT2D eigenvalue weighted by atomic mass is 9.86. The number of rotatable bonds is 4. The molecule has 1 amide bonds. The van der Waals surface area contributed by atoms with Gasteiger partial charge in [0.25, 0.3) is 5.91 Å². The molecule has 118 valence electrons. The predicted molar refractivity (Wildman–Crippen MR) is 82.0 cm³/mol. The van der Waals surface area contributed by atoms with Crippen molar-refractivity contribution in [3.05, 3.63) is 34.9 Å². The number of benzene rings is 1. The minimum absolute atomic E-state index is 0.00480. The van der Waals surface area contributed by atoms with E-state index in [0.717, 1.165) is 5.56 Å². The third-order valence-corrected chi connectivity index (χ3v) is 4.29. The summed E-state index contributed by atoms with van der Waals surface area (Å²) in [4.78, 5) is 34.7. The lowest BCUT2D eigenvalue weighted by molar-refractivity contribution is -0.142. The van der Waals surface area contributed by atoms with Gasteiger partial charge >= 0.3 is 5.97 Å². The number of hydrogen-bond donors (Lipinski definition) is 2. The molecular weight excluding hydrogens is 282 g/mol. The zero-order valence-electron chi connectivity index (χ0n) is 12.9. The first-order chi connectivity index (χ1) is 10.4. The van der Waals surface area contributed by atoms with E-state index < -0.39 is 5.97 Å². The summed E-state index contributed by atoms with van der Waals surface area (Å²) in [5, 5.41) is 11.9. The molecule has 0 radical (unpaired) electrons. The Morgan fingerprint density at radius 3 is 2.32 bits per heavy atom. The highest BCUT2D eigenvalue weighted by atomic mass is 16.4. The molecule has 1 aliphatic rings. The van der Waals surface area contributed by atoms with Gasteiger partial charge in [-0.1, -0.05) is 6.07 Å². The molecule has 1 aromatic carbocycles. The molecule has 5 heteroatoms. The molecule has 1 saturated carbocycles. The van der Waals surface area contributed by atoms with Crippen LogP contribution in [0.25, 0.3) is 0 Å². The predicted octanol–water partition coefficient (Wildman–Crippen LogP) is 2.57. The van der Waals surface area contributed by atoms with Crippen molar-refractivity contribution in [2.75, 3.05) is 0 Å². The van der Waals surface area contributed by atoms with Gasteiger partial charge in [-0.3, -0.25) is 14.4 Å². The normalized spacial score (nSPS) is 21.2. The van der Waals surface area contributed by atoms with Crippen LogP contribution in [0.3, 0.4) is 0 Å². The Kier molecular flexibility index (Phi) is 4.96. The number of Topliss-reactive ketones (excluding diaryl/α,β-unsaturated/α-hetero) is 1. The molecule has 5 nitrogen and oxygen atoms in total. The second kappa shape index (κ2) is 6.73. The summed E-state index contributed by atoms with van der Waals surface area (Å²) in [6.07, 6.45) is 2.53. The van der Waals surface area contributed by atoms with Crippen molar-refractivity contribution in [3.8, 4) is 0 Å². The molecule has 0 spiro atoms. The van der Waals surface area contributed by atoms with Crippen molar-refractivity contribution >= 4 is 17.7 Å². The minimum Gasteiger partial charge on any atom is -0.481 e.